The molecule has 0 aliphatic carbocycles. The normalized spacial score (nSPS) is 21.4. The third-order valence-electron chi connectivity index (χ3n) is 4.25. The molecule has 1 unspecified atom stereocenters. The first kappa shape index (κ1) is 16.9. The van der Waals surface area contributed by atoms with Crippen molar-refractivity contribution in [2.24, 2.45) is 10.2 Å². The van der Waals surface area contributed by atoms with Gasteiger partial charge in [0.2, 0.25) is 5.91 Å². The number of carbonyl (C=O) groups excluding carboxylic acids is 2. The summed E-state index contributed by atoms with van der Waals surface area (Å²) in [4.78, 5) is 28.3. The lowest BCUT2D eigenvalue weighted by atomic mass is 10.0. The number of nitrogens with zero attached hydrogens (tertiary/aromatic N) is 3. The SMILES string of the molecule is CC(=O)Nc1ccc(C2C/C(=C3\C(=O)ONN3c3ccccc3)N=N2)cc1. The largest absolute Gasteiger partial charge is 0.378 e. The van der Waals surface area contributed by atoms with Crippen LogP contribution in [0.1, 0.15) is 24.9 Å². The maximum Gasteiger partial charge on any atom is 0.378 e. The average molecular weight is 363 g/mol. The van der Waals surface area contributed by atoms with E-state index in [2.05, 4.69) is 21.1 Å². The summed E-state index contributed by atoms with van der Waals surface area (Å²) in [6.45, 7) is 1.46. The van der Waals surface area contributed by atoms with Gasteiger partial charge in [0.15, 0.2) is 5.70 Å². The van der Waals surface area contributed by atoms with Crippen molar-refractivity contribution in [2.45, 2.75) is 19.4 Å². The minimum absolute atomic E-state index is 0.122. The highest BCUT2D eigenvalue weighted by Crippen LogP contribution is 2.37. The number of carbonyl (C=O) groups is 2. The van der Waals surface area contributed by atoms with Gasteiger partial charge in [-0.25, -0.2) is 9.80 Å². The van der Waals surface area contributed by atoms with Gasteiger partial charge in [-0.1, -0.05) is 35.9 Å². The number of anilines is 2. The first-order chi connectivity index (χ1) is 13.1. The third-order valence-corrected chi connectivity index (χ3v) is 4.25. The van der Waals surface area contributed by atoms with Crippen LogP contribution in [0.4, 0.5) is 11.4 Å². The molecule has 2 aliphatic rings. The van der Waals surface area contributed by atoms with Crippen LogP contribution < -0.4 is 15.9 Å². The fourth-order valence-electron chi connectivity index (χ4n) is 3.00. The van der Waals surface area contributed by atoms with E-state index < -0.39 is 5.97 Å². The fraction of sp³-hybridized carbons (Fsp3) is 0.158. The zero-order valence-electron chi connectivity index (χ0n) is 14.5. The summed E-state index contributed by atoms with van der Waals surface area (Å²) in [6.07, 6.45) is 0.481. The van der Waals surface area contributed by atoms with Crippen LogP contribution in [0.3, 0.4) is 0 Å². The Hall–Kier alpha value is -3.52. The molecule has 136 valence electrons. The second-order valence-corrected chi connectivity index (χ2v) is 6.19. The lowest BCUT2D eigenvalue weighted by molar-refractivity contribution is -0.140. The van der Waals surface area contributed by atoms with Crippen LogP contribution in [0.15, 0.2) is 76.2 Å². The van der Waals surface area contributed by atoms with Gasteiger partial charge in [0.05, 0.1) is 11.4 Å². The highest BCUT2D eigenvalue weighted by Gasteiger charge is 2.35. The summed E-state index contributed by atoms with van der Waals surface area (Å²) in [6, 6.07) is 16.6. The number of amides is 1. The minimum atomic E-state index is -0.491. The lowest BCUT2D eigenvalue weighted by Gasteiger charge is -2.16. The number of azo groups is 1. The fourth-order valence-corrected chi connectivity index (χ4v) is 3.00. The summed E-state index contributed by atoms with van der Waals surface area (Å²) in [5, 5.41) is 12.8. The Morgan fingerprint density at radius 2 is 1.93 bits per heavy atom. The lowest BCUT2D eigenvalue weighted by Crippen LogP contribution is -2.29. The molecule has 0 radical (unpaired) electrons. The van der Waals surface area contributed by atoms with E-state index >= 15 is 0 Å². The Balaban J connectivity index is 1.57. The van der Waals surface area contributed by atoms with Gasteiger partial charge in [-0.15, -0.1) is 0 Å². The van der Waals surface area contributed by atoms with E-state index in [1.165, 1.54) is 6.92 Å². The molecule has 2 aromatic rings. The van der Waals surface area contributed by atoms with Gasteiger partial charge in [0.25, 0.3) is 0 Å². The van der Waals surface area contributed by atoms with Gasteiger partial charge < -0.3 is 10.2 Å². The van der Waals surface area contributed by atoms with E-state index in [0.717, 1.165) is 16.9 Å². The van der Waals surface area contributed by atoms with Crippen molar-refractivity contribution in [3.05, 3.63) is 71.6 Å². The topological polar surface area (TPSA) is 95.4 Å². The molecule has 1 atom stereocenters. The average Bonchev–Trinajstić information content (AvgIpc) is 3.29. The molecule has 27 heavy (non-hydrogen) atoms. The molecule has 1 saturated heterocycles. The number of hydrazine groups is 1. The molecule has 1 fully saturated rings. The predicted molar refractivity (Wildman–Crippen MR) is 98.1 cm³/mol. The van der Waals surface area contributed by atoms with Crippen LogP contribution >= 0.6 is 0 Å². The quantitative estimate of drug-likeness (QED) is 0.816. The summed E-state index contributed by atoms with van der Waals surface area (Å²) in [5.41, 5.74) is 5.95. The molecule has 2 aliphatic heterocycles. The van der Waals surface area contributed by atoms with Crippen LogP contribution in [0, 0.1) is 0 Å². The molecule has 2 aromatic carbocycles. The van der Waals surface area contributed by atoms with Crippen molar-refractivity contribution in [3.63, 3.8) is 0 Å². The van der Waals surface area contributed by atoms with Crippen molar-refractivity contribution >= 4 is 23.3 Å². The maximum absolute atomic E-state index is 12.2. The van der Waals surface area contributed by atoms with E-state index in [9.17, 15) is 9.59 Å². The van der Waals surface area contributed by atoms with Gasteiger partial charge >= 0.3 is 5.97 Å². The molecular weight excluding hydrogens is 346 g/mol. The van der Waals surface area contributed by atoms with Crippen molar-refractivity contribution in [1.82, 2.24) is 5.59 Å². The van der Waals surface area contributed by atoms with Gasteiger partial charge in [0.1, 0.15) is 6.04 Å². The highest BCUT2D eigenvalue weighted by atomic mass is 16.7. The summed E-state index contributed by atoms with van der Waals surface area (Å²) in [5.74, 6) is -0.613. The van der Waals surface area contributed by atoms with Gasteiger partial charge in [0, 0.05) is 19.0 Å². The van der Waals surface area contributed by atoms with Crippen LogP contribution in [0.2, 0.25) is 0 Å². The first-order valence-corrected chi connectivity index (χ1v) is 8.45. The van der Waals surface area contributed by atoms with Crippen LogP contribution in [0.5, 0.6) is 0 Å². The summed E-state index contributed by atoms with van der Waals surface area (Å²) >= 11 is 0. The standard InChI is InChI=1S/C19H17N5O3/c1-12(25)20-14-9-7-13(8-10-14)16-11-17(22-21-16)18-19(26)27-23-24(18)15-5-3-2-4-6-15/h2-10,16,23H,11H2,1H3,(H,20,25)/b18-17-. The van der Waals surface area contributed by atoms with E-state index in [0.29, 0.717) is 17.8 Å². The minimum Gasteiger partial charge on any atom is -0.345 e. The molecule has 0 spiro atoms. The number of hydrogen-bond donors (Lipinski definition) is 2. The van der Waals surface area contributed by atoms with E-state index in [1.54, 1.807) is 5.01 Å². The number of rotatable bonds is 3. The Kier molecular flexibility index (Phi) is 4.39. The van der Waals surface area contributed by atoms with Crippen LogP contribution in [0.25, 0.3) is 0 Å². The molecule has 1 amide bonds. The molecule has 2 N–H and O–H groups in total. The van der Waals surface area contributed by atoms with Crippen LogP contribution in [-0.4, -0.2) is 11.9 Å². The smallest absolute Gasteiger partial charge is 0.345 e. The highest BCUT2D eigenvalue weighted by molar-refractivity contribution is 5.95. The van der Waals surface area contributed by atoms with Crippen molar-refractivity contribution in [1.29, 1.82) is 0 Å². The second-order valence-electron chi connectivity index (χ2n) is 6.19. The Labute approximate surface area is 155 Å². The number of hydrogen-bond acceptors (Lipinski definition) is 7. The van der Waals surface area contributed by atoms with Crippen LogP contribution in [-0.2, 0) is 14.4 Å². The first-order valence-electron chi connectivity index (χ1n) is 8.45. The maximum atomic E-state index is 12.2. The number of benzene rings is 2. The molecule has 8 heteroatoms. The summed E-state index contributed by atoms with van der Waals surface area (Å²) < 4.78 is 0. The van der Waals surface area contributed by atoms with Crippen molar-refractivity contribution < 1.29 is 14.4 Å². The van der Waals surface area contributed by atoms with Gasteiger partial charge in [-0.2, -0.15) is 10.2 Å². The summed E-state index contributed by atoms with van der Waals surface area (Å²) in [7, 11) is 0. The van der Waals surface area contributed by atoms with Gasteiger partial charge in [-0.3, -0.25) is 4.79 Å². The third kappa shape index (κ3) is 3.42. The predicted octanol–water partition coefficient (Wildman–Crippen LogP) is 3.24. The molecule has 2 heterocycles. The monoisotopic (exact) mass is 363 g/mol. The van der Waals surface area contributed by atoms with Crippen molar-refractivity contribution in [3.8, 4) is 0 Å². The number of nitrogens with one attached hydrogen (secondary N) is 2. The molecule has 0 bridgehead atoms. The molecule has 0 saturated carbocycles. The molecule has 0 aromatic heterocycles. The molecular formula is C19H17N5O3. The zero-order chi connectivity index (χ0) is 18.8. The van der Waals surface area contributed by atoms with E-state index in [-0.39, 0.29) is 11.9 Å². The number of para-hydroxylation sites is 1. The van der Waals surface area contributed by atoms with Crippen molar-refractivity contribution in [2.75, 3.05) is 10.3 Å². The van der Waals surface area contributed by atoms with E-state index in [1.807, 2.05) is 54.6 Å². The zero-order valence-corrected chi connectivity index (χ0v) is 14.5. The Bertz CT molecular complexity index is 938. The Morgan fingerprint density at radius 1 is 1.19 bits per heavy atom. The second kappa shape index (κ2) is 7.00. The van der Waals surface area contributed by atoms with Gasteiger partial charge in [-0.05, 0) is 29.8 Å². The molecule has 8 nitrogen and oxygen atoms in total. The Morgan fingerprint density at radius 3 is 2.63 bits per heavy atom. The van der Waals surface area contributed by atoms with E-state index in [4.69, 9.17) is 4.84 Å². The molecule has 4 rings (SSSR count).